The summed E-state index contributed by atoms with van der Waals surface area (Å²) < 4.78 is 36.4. The molecule has 5 N–H and O–H groups in total. The monoisotopic (exact) mass is 464 g/mol. The topological polar surface area (TPSA) is 167 Å². The predicted molar refractivity (Wildman–Crippen MR) is 105 cm³/mol. The maximum absolute atomic E-state index is 15.4. The molecule has 0 aromatic carbocycles. The lowest BCUT2D eigenvalue weighted by molar-refractivity contribution is -0.283. The molecule has 11 nitrogen and oxygen atoms in total. The SMILES string of the molecule is CC(C)Cc1cn([C@H]2C(F)C(F)(C(=O)O)O[C@@H]([C@H](O)[C@H](O)CO)[C@@H]2NC(=O)C(C)C)nn1. The number of amides is 1. The van der Waals surface area contributed by atoms with Crippen molar-refractivity contribution in [1.82, 2.24) is 20.3 Å². The van der Waals surface area contributed by atoms with Gasteiger partial charge in [-0.2, -0.15) is 4.39 Å². The molecule has 2 heterocycles. The molecular weight excluding hydrogens is 434 g/mol. The summed E-state index contributed by atoms with van der Waals surface area (Å²) in [4.78, 5) is 24.0. The summed E-state index contributed by atoms with van der Waals surface area (Å²) in [5.74, 6) is -7.33. The predicted octanol–water partition coefficient (Wildman–Crippen LogP) is -0.640. The number of aliphatic carboxylic acids is 1. The van der Waals surface area contributed by atoms with Gasteiger partial charge in [-0.25, -0.2) is 13.9 Å². The molecule has 0 radical (unpaired) electrons. The van der Waals surface area contributed by atoms with Gasteiger partial charge in [0.1, 0.15) is 24.4 Å². The number of carboxylic acids is 1. The molecule has 1 aromatic heterocycles. The van der Waals surface area contributed by atoms with Crippen molar-refractivity contribution in [3.8, 4) is 0 Å². The largest absolute Gasteiger partial charge is 0.477 e. The number of aliphatic hydroxyl groups is 3. The fourth-order valence-electron chi connectivity index (χ4n) is 3.48. The number of rotatable bonds is 9. The van der Waals surface area contributed by atoms with Gasteiger partial charge in [-0.3, -0.25) is 4.79 Å². The molecule has 0 bridgehead atoms. The number of hydrogen-bond acceptors (Lipinski definition) is 8. The Morgan fingerprint density at radius 2 is 1.94 bits per heavy atom. The minimum absolute atomic E-state index is 0.154. The molecule has 1 aliphatic rings. The van der Waals surface area contributed by atoms with Gasteiger partial charge in [-0.15, -0.1) is 5.10 Å². The summed E-state index contributed by atoms with van der Waals surface area (Å²) in [6, 6.07) is -3.36. The minimum atomic E-state index is -3.94. The van der Waals surface area contributed by atoms with Crippen LogP contribution in [0.2, 0.25) is 0 Å². The van der Waals surface area contributed by atoms with Gasteiger partial charge in [0.05, 0.1) is 18.3 Å². The van der Waals surface area contributed by atoms with Crippen molar-refractivity contribution in [2.45, 2.75) is 76.5 Å². The van der Waals surface area contributed by atoms with Crippen molar-refractivity contribution in [3.63, 3.8) is 0 Å². The Morgan fingerprint density at radius 3 is 2.44 bits per heavy atom. The van der Waals surface area contributed by atoms with Gasteiger partial charge < -0.3 is 30.5 Å². The van der Waals surface area contributed by atoms with Gasteiger partial charge in [0.2, 0.25) is 5.91 Å². The van der Waals surface area contributed by atoms with Crippen molar-refractivity contribution in [2.75, 3.05) is 6.61 Å². The number of carbonyl (C=O) groups is 2. The van der Waals surface area contributed by atoms with Crippen LogP contribution in [0.5, 0.6) is 0 Å². The first-order valence-electron chi connectivity index (χ1n) is 10.3. The van der Waals surface area contributed by atoms with Gasteiger partial charge in [-0.1, -0.05) is 32.9 Å². The van der Waals surface area contributed by atoms with E-state index in [1.807, 2.05) is 13.8 Å². The van der Waals surface area contributed by atoms with E-state index in [-0.39, 0.29) is 5.92 Å². The fraction of sp³-hybridized carbons (Fsp3) is 0.789. The van der Waals surface area contributed by atoms with Crippen LogP contribution in [0.1, 0.15) is 39.4 Å². The number of nitrogens with one attached hydrogen (secondary N) is 1. The number of halogens is 2. The van der Waals surface area contributed by atoms with Gasteiger partial charge in [0.15, 0.2) is 6.17 Å². The standard InChI is InChI=1S/C19H30F2N4O7/c1-8(2)5-10-6-25(24-23-10)13-12(22-17(29)9(3)4)15(14(28)11(27)7-26)32-19(21,16(13)20)18(30)31/h6,8-9,11-16,26-28H,5,7H2,1-4H3,(H,22,29)(H,30,31)/t11-,12-,13-,14-,15-,16?,19?/m1/s1. The lowest BCUT2D eigenvalue weighted by atomic mass is 9.85. The Hall–Kier alpha value is -2.22. The number of aromatic nitrogens is 3. The van der Waals surface area contributed by atoms with E-state index >= 15 is 8.78 Å². The Balaban J connectivity index is 2.61. The second kappa shape index (κ2) is 10.1. The van der Waals surface area contributed by atoms with E-state index in [9.17, 15) is 30.0 Å². The van der Waals surface area contributed by atoms with Crippen LogP contribution < -0.4 is 5.32 Å². The van der Waals surface area contributed by atoms with E-state index in [0.29, 0.717) is 12.1 Å². The quantitative estimate of drug-likeness (QED) is 0.319. The zero-order chi connectivity index (χ0) is 24.4. The molecule has 32 heavy (non-hydrogen) atoms. The Kier molecular flexibility index (Phi) is 8.26. The molecule has 1 fully saturated rings. The molecule has 2 unspecified atom stereocenters. The average Bonchev–Trinajstić information content (AvgIpc) is 3.16. The molecule has 182 valence electrons. The van der Waals surface area contributed by atoms with Crippen molar-refractivity contribution in [3.05, 3.63) is 11.9 Å². The normalized spacial score (nSPS) is 30.3. The van der Waals surface area contributed by atoms with Crippen LogP contribution in [0.4, 0.5) is 8.78 Å². The van der Waals surface area contributed by atoms with Crippen LogP contribution >= 0.6 is 0 Å². The van der Waals surface area contributed by atoms with Crippen LogP contribution in [-0.2, 0) is 20.7 Å². The summed E-state index contributed by atoms with van der Waals surface area (Å²) in [6.07, 6.45) is -7.04. The molecule has 0 saturated carbocycles. The van der Waals surface area contributed by atoms with Gasteiger partial charge in [0, 0.05) is 12.1 Å². The average molecular weight is 464 g/mol. The molecule has 7 atom stereocenters. The Bertz CT molecular complexity index is 808. The molecule has 2 rings (SSSR count). The second-order valence-corrected chi connectivity index (χ2v) is 8.64. The minimum Gasteiger partial charge on any atom is -0.477 e. The van der Waals surface area contributed by atoms with Gasteiger partial charge >= 0.3 is 11.8 Å². The molecule has 13 heteroatoms. The van der Waals surface area contributed by atoms with Crippen LogP contribution in [0.15, 0.2) is 6.20 Å². The molecule has 0 spiro atoms. The number of hydrogen-bond donors (Lipinski definition) is 5. The maximum Gasteiger partial charge on any atom is 0.372 e. The first-order valence-corrected chi connectivity index (χ1v) is 10.3. The molecule has 1 saturated heterocycles. The highest BCUT2D eigenvalue weighted by Gasteiger charge is 2.64. The summed E-state index contributed by atoms with van der Waals surface area (Å²) >= 11 is 0. The van der Waals surface area contributed by atoms with Gasteiger partial charge in [-0.05, 0) is 12.3 Å². The van der Waals surface area contributed by atoms with E-state index in [0.717, 1.165) is 4.68 Å². The molecule has 1 aromatic rings. The number of aliphatic hydroxyl groups excluding tert-OH is 3. The van der Waals surface area contributed by atoms with Gasteiger partial charge in [0.25, 0.3) is 0 Å². The summed E-state index contributed by atoms with van der Waals surface area (Å²) in [6.45, 7) is 5.88. The van der Waals surface area contributed by atoms with E-state index in [2.05, 4.69) is 15.6 Å². The molecule has 1 aliphatic heterocycles. The Morgan fingerprint density at radius 1 is 1.31 bits per heavy atom. The van der Waals surface area contributed by atoms with Crippen molar-refractivity contribution in [2.24, 2.45) is 11.8 Å². The molecule has 1 amide bonds. The fourth-order valence-corrected chi connectivity index (χ4v) is 3.48. The van der Waals surface area contributed by atoms with Crippen LogP contribution in [0.25, 0.3) is 0 Å². The highest BCUT2D eigenvalue weighted by atomic mass is 19.2. The van der Waals surface area contributed by atoms with Crippen LogP contribution in [0.3, 0.4) is 0 Å². The number of alkyl halides is 2. The summed E-state index contributed by atoms with van der Waals surface area (Å²) in [7, 11) is 0. The highest BCUT2D eigenvalue weighted by molar-refractivity contribution is 5.79. The lowest BCUT2D eigenvalue weighted by Gasteiger charge is -2.47. The summed E-state index contributed by atoms with van der Waals surface area (Å²) in [5, 5.41) is 49.0. The first-order chi connectivity index (χ1) is 14.8. The number of carbonyl (C=O) groups excluding carboxylic acids is 1. The molecule has 0 aliphatic carbocycles. The van der Waals surface area contributed by atoms with Crippen molar-refractivity contribution >= 4 is 11.9 Å². The molecular formula is C19H30F2N4O7. The van der Waals surface area contributed by atoms with Crippen LogP contribution in [0, 0.1) is 11.8 Å². The van der Waals surface area contributed by atoms with Crippen molar-refractivity contribution < 1.29 is 43.5 Å². The van der Waals surface area contributed by atoms with Crippen molar-refractivity contribution in [1.29, 1.82) is 0 Å². The third-order valence-electron chi connectivity index (χ3n) is 5.21. The van der Waals surface area contributed by atoms with E-state index < -0.39 is 66.8 Å². The number of nitrogens with zero attached hydrogens (tertiary/aromatic N) is 3. The first kappa shape index (κ1) is 26.0. The maximum atomic E-state index is 15.4. The number of carboxylic acid groups (broad SMARTS) is 1. The van der Waals surface area contributed by atoms with E-state index in [1.54, 1.807) is 0 Å². The smallest absolute Gasteiger partial charge is 0.372 e. The lowest BCUT2D eigenvalue weighted by Crippen LogP contribution is -2.69. The number of ether oxygens (including phenoxy) is 1. The third-order valence-corrected chi connectivity index (χ3v) is 5.21. The third kappa shape index (κ3) is 5.22. The second-order valence-electron chi connectivity index (χ2n) is 8.64. The Labute approximate surface area is 183 Å². The summed E-state index contributed by atoms with van der Waals surface area (Å²) in [5.41, 5.74) is 0.417. The van der Waals surface area contributed by atoms with Crippen LogP contribution in [-0.4, -0.2) is 90.3 Å². The van der Waals surface area contributed by atoms with E-state index in [4.69, 9.17) is 4.74 Å². The highest BCUT2D eigenvalue weighted by Crippen LogP contribution is 2.41. The zero-order valence-electron chi connectivity index (χ0n) is 18.2. The zero-order valence-corrected chi connectivity index (χ0v) is 18.2. The van der Waals surface area contributed by atoms with E-state index in [1.165, 1.54) is 20.0 Å².